The molecule has 140 valence electrons. The number of ether oxygens (including phenoxy) is 1. The summed E-state index contributed by atoms with van der Waals surface area (Å²) in [5, 5.41) is 11.0. The number of nitro benzene ring substituents is 1. The third-order valence-corrected chi connectivity index (χ3v) is 5.43. The van der Waals surface area contributed by atoms with Crippen molar-refractivity contribution in [1.29, 1.82) is 0 Å². The molecule has 2 aliphatic rings. The second kappa shape index (κ2) is 6.66. The third-order valence-electron chi connectivity index (χ3n) is 5.43. The zero-order valence-corrected chi connectivity index (χ0v) is 14.8. The molecule has 1 saturated heterocycles. The van der Waals surface area contributed by atoms with Gasteiger partial charge in [0.2, 0.25) is 11.6 Å². The Kier molecular flexibility index (Phi) is 4.31. The van der Waals surface area contributed by atoms with Crippen molar-refractivity contribution in [3.63, 3.8) is 0 Å². The van der Waals surface area contributed by atoms with Gasteiger partial charge in [-0.1, -0.05) is 18.2 Å². The van der Waals surface area contributed by atoms with E-state index in [1.54, 1.807) is 17.0 Å². The summed E-state index contributed by atoms with van der Waals surface area (Å²) >= 11 is 0. The van der Waals surface area contributed by atoms with Gasteiger partial charge in [-0.05, 0) is 36.7 Å². The van der Waals surface area contributed by atoms with E-state index in [0.29, 0.717) is 32.4 Å². The Balaban J connectivity index is 1.83. The first-order chi connectivity index (χ1) is 13.0. The number of fused-ring (bicyclic) bond motifs is 4. The van der Waals surface area contributed by atoms with Crippen LogP contribution in [0.4, 0.5) is 5.69 Å². The van der Waals surface area contributed by atoms with Crippen LogP contribution in [0.1, 0.15) is 36.3 Å². The fourth-order valence-electron chi connectivity index (χ4n) is 4.18. The molecule has 2 heterocycles. The zero-order valence-electron chi connectivity index (χ0n) is 14.8. The number of piperidine rings is 1. The Labute approximate surface area is 156 Å². The summed E-state index contributed by atoms with van der Waals surface area (Å²) in [5.41, 5.74) is 6.52. The van der Waals surface area contributed by atoms with Gasteiger partial charge in [0.15, 0.2) is 0 Å². The molecular weight excluding hydrogens is 346 g/mol. The van der Waals surface area contributed by atoms with Gasteiger partial charge < -0.3 is 15.4 Å². The van der Waals surface area contributed by atoms with Crippen LogP contribution in [0.15, 0.2) is 48.5 Å². The number of likely N-dealkylation sites (tertiary alicyclic amines) is 1. The Hall–Kier alpha value is -2.93. The summed E-state index contributed by atoms with van der Waals surface area (Å²) in [6, 6.07) is 14.1. The van der Waals surface area contributed by atoms with Crippen molar-refractivity contribution in [2.45, 2.75) is 30.9 Å². The maximum atomic E-state index is 13.0. The number of hydrogen-bond donors (Lipinski definition) is 1. The van der Waals surface area contributed by atoms with Crippen molar-refractivity contribution in [2.75, 3.05) is 13.1 Å². The fraction of sp³-hybridized carbons (Fsp3) is 0.350. The number of carbonyl (C=O) groups is 1. The Morgan fingerprint density at radius 1 is 1.22 bits per heavy atom. The Bertz CT molecular complexity index is 883. The van der Waals surface area contributed by atoms with Crippen molar-refractivity contribution >= 4 is 11.6 Å². The molecule has 2 unspecified atom stereocenters. The molecule has 2 aromatic rings. The number of non-ortho nitro benzene ring substituents is 1. The van der Waals surface area contributed by atoms with Crippen LogP contribution >= 0.6 is 0 Å². The largest absolute Gasteiger partial charge is 0.463 e. The highest BCUT2D eigenvalue weighted by Crippen LogP contribution is 2.52. The van der Waals surface area contributed by atoms with E-state index in [0.717, 1.165) is 16.9 Å². The van der Waals surface area contributed by atoms with Gasteiger partial charge in [-0.3, -0.25) is 14.9 Å². The smallest absolute Gasteiger partial charge is 0.269 e. The van der Waals surface area contributed by atoms with E-state index in [1.165, 1.54) is 12.1 Å². The van der Waals surface area contributed by atoms with Gasteiger partial charge in [-0.15, -0.1) is 0 Å². The molecule has 0 aliphatic carbocycles. The molecule has 27 heavy (non-hydrogen) atoms. The molecule has 2 atom stereocenters. The average Bonchev–Trinajstić information content (AvgIpc) is 2.68. The SMILES string of the molecule is NCCCN1C(=O)CC2CC1(c1ccc([N+](=O)[O-])cc1)Oc1ccccc12. The van der Waals surface area contributed by atoms with Gasteiger partial charge in [0.05, 0.1) is 4.92 Å². The number of carbonyl (C=O) groups excluding carboxylic acids is 1. The van der Waals surface area contributed by atoms with Crippen LogP contribution in [-0.4, -0.2) is 28.8 Å². The number of benzene rings is 2. The van der Waals surface area contributed by atoms with E-state index in [4.69, 9.17) is 10.5 Å². The molecule has 7 nitrogen and oxygen atoms in total. The van der Waals surface area contributed by atoms with Crippen molar-refractivity contribution < 1.29 is 14.5 Å². The molecule has 1 fully saturated rings. The van der Waals surface area contributed by atoms with E-state index in [-0.39, 0.29) is 17.5 Å². The first-order valence-corrected chi connectivity index (χ1v) is 9.08. The van der Waals surface area contributed by atoms with E-state index < -0.39 is 10.6 Å². The van der Waals surface area contributed by atoms with Crippen molar-refractivity contribution in [2.24, 2.45) is 5.73 Å². The fourth-order valence-corrected chi connectivity index (χ4v) is 4.18. The van der Waals surface area contributed by atoms with Crippen molar-refractivity contribution in [1.82, 2.24) is 4.90 Å². The highest BCUT2D eigenvalue weighted by atomic mass is 16.6. The molecule has 0 radical (unpaired) electrons. The molecule has 2 aliphatic heterocycles. The van der Waals surface area contributed by atoms with Gasteiger partial charge in [-0.2, -0.15) is 0 Å². The first-order valence-electron chi connectivity index (χ1n) is 9.08. The molecular formula is C20H21N3O4. The lowest BCUT2D eigenvalue weighted by molar-refractivity contribution is -0.384. The highest BCUT2D eigenvalue weighted by Gasteiger charge is 2.53. The number of para-hydroxylation sites is 1. The molecule has 1 amide bonds. The normalized spacial score (nSPS) is 23.5. The van der Waals surface area contributed by atoms with E-state index >= 15 is 0 Å². The summed E-state index contributed by atoms with van der Waals surface area (Å²) in [6.45, 7) is 0.960. The quantitative estimate of drug-likeness (QED) is 0.647. The summed E-state index contributed by atoms with van der Waals surface area (Å²) in [6.07, 6.45) is 1.72. The van der Waals surface area contributed by atoms with Crippen LogP contribution in [0.5, 0.6) is 5.75 Å². The van der Waals surface area contributed by atoms with E-state index in [1.807, 2.05) is 24.3 Å². The predicted octanol–water partition coefficient (Wildman–Crippen LogP) is 2.90. The van der Waals surface area contributed by atoms with Crippen LogP contribution < -0.4 is 10.5 Å². The summed E-state index contributed by atoms with van der Waals surface area (Å²) < 4.78 is 6.45. The highest BCUT2D eigenvalue weighted by molar-refractivity contribution is 5.80. The lowest BCUT2D eigenvalue weighted by Gasteiger charge is -2.52. The maximum absolute atomic E-state index is 13.0. The lowest BCUT2D eigenvalue weighted by Crippen LogP contribution is -2.59. The molecule has 2 N–H and O–H groups in total. The molecule has 0 aromatic heterocycles. The first kappa shape index (κ1) is 17.5. The number of rotatable bonds is 5. The number of amides is 1. The summed E-state index contributed by atoms with van der Waals surface area (Å²) in [5.74, 6) is 0.844. The van der Waals surface area contributed by atoms with Crippen molar-refractivity contribution in [3.05, 3.63) is 69.8 Å². The minimum atomic E-state index is -0.960. The van der Waals surface area contributed by atoms with Crippen LogP contribution in [-0.2, 0) is 10.5 Å². The Morgan fingerprint density at radius 3 is 2.67 bits per heavy atom. The minimum absolute atomic E-state index is 0.0125. The average molecular weight is 367 g/mol. The van der Waals surface area contributed by atoms with Crippen molar-refractivity contribution in [3.8, 4) is 5.75 Å². The monoisotopic (exact) mass is 367 g/mol. The van der Waals surface area contributed by atoms with Gasteiger partial charge in [0.1, 0.15) is 5.75 Å². The van der Waals surface area contributed by atoms with Gasteiger partial charge >= 0.3 is 0 Å². The second-order valence-electron chi connectivity index (χ2n) is 7.02. The Morgan fingerprint density at radius 2 is 1.96 bits per heavy atom. The standard InChI is InChI=1S/C20H21N3O4/c21-10-3-11-22-19(24)12-14-13-20(22,27-18-5-2-1-4-17(14)18)15-6-8-16(9-7-15)23(25)26/h1-2,4-9,14H,3,10-13,21H2. The van der Waals surface area contributed by atoms with Gasteiger partial charge in [0.25, 0.3) is 5.69 Å². The summed E-state index contributed by atoms with van der Waals surface area (Å²) in [7, 11) is 0. The lowest BCUT2D eigenvalue weighted by atomic mass is 9.77. The third kappa shape index (κ3) is 2.84. The van der Waals surface area contributed by atoms with Crippen LogP contribution in [0.2, 0.25) is 0 Å². The topological polar surface area (TPSA) is 98.7 Å². The number of hydrogen-bond acceptors (Lipinski definition) is 5. The van der Waals surface area contributed by atoms with Crippen LogP contribution in [0.3, 0.4) is 0 Å². The van der Waals surface area contributed by atoms with Gasteiger partial charge in [-0.25, -0.2) is 0 Å². The minimum Gasteiger partial charge on any atom is -0.463 e. The molecule has 7 heteroatoms. The van der Waals surface area contributed by atoms with E-state index in [9.17, 15) is 14.9 Å². The predicted molar refractivity (Wildman–Crippen MR) is 99.2 cm³/mol. The molecule has 2 bridgehead atoms. The maximum Gasteiger partial charge on any atom is 0.269 e. The second-order valence-corrected chi connectivity index (χ2v) is 7.02. The molecule has 2 aromatic carbocycles. The van der Waals surface area contributed by atoms with Crippen LogP contribution in [0.25, 0.3) is 0 Å². The number of nitrogens with two attached hydrogens (primary N) is 1. The number of nitrogens with zero attached hydrogens (tertiary/aromatic N) is 2. The molecule has 4 rings (SSSR count). The molecule has 0 saturated carbocycles. The molecule has 0 spiro atoms. The van der Waals surface area contributed by atoms with Gasteiger partial charge in [0, 0.05) is 43.0 Å². The summed E-state index contributed by atoms with van der Waals surface area (Å²) in [4.78, 5) is 25.3. The van der Waals surface area contributed by atoms with Crippen LogP contribution in [0, 0.1) is 10.1 Å². The zero-order chi connectivity index (χ0) is 19.0. The number of nitro groups is 1. The van der Waals surface area contributed by atoms with E-state index in [2.05, 4.69) is 0 Å².